The molecule has 3 rings (SSSR count). The van der Waals surface area contributed by atoms with E-state index in [1.54, 1.807) is 0 Å². The van der Waals surface area contributed by atoms with Crippen LogP contribution in [0.5, 0.6) is 5.75 Å². The van der Waals surface area contributed by atoms with Gasteiger partial charge in [0.15, 0.2) is 0 Å². The van der Waals surface area contributed by atoms with Crippen molar-refractivity contribution in [3.63, 3.8) is 0 Å². The number of hydrogen-bond acceptors (Lipinski definition) is 7. The number of nitrogens with zero attached hydrogens (tertiary/aromatic N) is 4. The van der Waals surface area contributed by atoms with Crippen LogP contribution in [0.1, 0.15) is 12.1 Å². The molecule has 0 bridgehead atoms. The Hall–Kier alpha value is -2.76. The van der Waals surface area contributed by atoms with Gasteiger partial charge in [0.1, 0.15) is 12.4 Å². The van der Waals surface area contributed by atoms with Crippen LogP contribution in [-0.4, -0.2) is 83.6 Å². The minimum atomic E-state index is -5.08. The van der Waals surface area contributed by atoms with Crippen LogP contribution < -0.4 is 10.5 Å². The zero-order chi connectivity index (χ0) is 23.7. The van der Waals surface area contributed by atoms with Crippen LogP contribution in [0.25, 0.3) is 11.3 Å². The van der Waals surface area contributed by atoms with E-state index in [-0.39, 0.29) is 0 Å². The van der Waals surface area contributed by atoms with Crippen molar-refractivity contribution in [3.05, 3.63) is 42.1 Å². The quantitative estimate of drug-likeness (QED) is 0.655. The molecule has 32 heavy (non-hydrogen) atoms. The third-order valence-electron chi connectivity index (χ3n) is 4.62. The molecule has 0 saturated carbocycles. The maximum Gasteiger partial charge on any atom is 0.490 e. The fraction of sp³-hybridized carbons (Fsp3) is 0.476. The van der Waals surface area contributed by atoms with Gasteiger partial charge in [0.25, 0.3) is 0 Å². The van der Waals surface area contributed by atoms with Gasteiger partial charge in [-0.3, -0.25) is 4.90 Å². The van der Waals surface area contributed by atoms with E-state index in [9.17, 15) is 13.2 Å². The maximum absolute atomic E-state index is 10.6. The number of para-hydroxylation sites is 1. The molecule has 176 valence electrons. The summed E-state index contributed by atoms with van der Waals surface area (Å²) in [7, 11) is 4.07. The predicted molar refractivity (Wildman–Crippen MR) is 113 cm³/mol. The molecule has 0 amide bonds. The summed E-state index contributed by atoms with van der Waals surface area (Å²) < 4.78 is 37.7. The molecule has 2 heterocycles. The number of likely N-dealkylation sites (N-methyl/N-ethyl adjacent to an activating group) is 1. The Morgan fingerprint density at radius 3 is 2.47 bits per heavy atom. The molecule has 0 radical (unpaired) electrons. The summed E-state index contributed by atoms with van der Waals surface area (Å²) in [4.78, 5) is 13.3. The largest absolute Gasteiger partial charge is 0.492 e. The molecule has 1 atom stereocenters. The Morgan fingerprint density at radius 1 is 1.25 bits per heavy atom. The number of alkyl halides is 3. The van der Waals surface area contributed by atoms with Crippen molar-refractivity contribution >= 4 is 5.97 Å². The highest BCUT2D eigenvalue weighted by Gasteiger charge is 2.38. The van der Waals surface area contributed by atoms with Crippen molar-refractivity contribution in [1.82, 2.24) is 20.0 Å². The lowest BCUT2D eigenvalue weighted by molar-refractivity contribution is -0.192. The molecule has 1 saturated heterocycles. The lowest BCUT2D eigenvalue weighted by atomic mass is 10.1. The number of ether oxygens (including phenoxy) is 1. The van der Waals surface area contributed by atoms with E-state index in [1.165, 1.54) is 0 Å². The average Bonchev–Trinajstić information content (AvgIpc) is 3.13. The first-order valence-corrected chi connectivity index (χ1v) is 10.0. The van der Waals surface area contributed by atoms with Gasteiger partial charge in [-0.05, 0) is 44.8 Å². The molecule has 1 aromatic heterocycles. The van der Waals surface area contributed by atoms with Gasteiger partial charge < -0.3 is 20.5 Å². The highest BCUT2D eigenvalue weighted by Crippen LogP contribution is 2.28. The number of rotatable bonds is 7. The minimum Gasteiger partial charge on any atom is -0.492 e. The molecule has 8 nitrogen and oxygen atoms in total. The van der Waals surface area contributed by atoms with Crippen molar-refractivity contribution in [3.8, 4) is 17.0 Å². The van der Waals surface area contributed by atoms with Crippen molar-refractivity contribution < 1.29 is 27.8 Å². The predicted octanol–water partition coefficient (Wildman–Crippen LogP) is 2.25. The highest BCUT2D eigenvalue weighted by atomic mass is 19.4. The van der Waals surface area contributed by atoms with Crippen LogP contribution in [0.3, 0.4) is 0 Å². The number of benzene rings is 1. The summed E-state index contributed by atoms with van der Waals surface area (Å²) in [6.07, 6.45) is -4.02. The molecule has 1 aliphatic heterocycles. The number of carbonyl (C=O) groups is 1. The number of carboxylic acid groups (broad SMARTS) is 1. The highest BCUT2D eigenvalue weighted by molar-refractivity contribution is 5.73. The lowest BCUT2D eigenvalue weighted by Crippen LogP contribution is -2.26. The lowest BCUT2D eigenvalue weighted by Gasteiger charge is -2.15. The van der Waals surface area contributed by atoms with E-state index in [0.29, 0.717) is 12.6 Å². The van der Waals surface area contributed by atoms with Crippen molar-refractivity contribution in [2.24, 2.45) is 5.73 Å². The number of halogens is 3. The molecule has 11 heteroatoms. The maximum atomic E-state index is 10.6. The van der Waals surface area contributed by atoms with E-state index >= 15 is 0 Å². The molecule has 1 unspecified atom stereocenters. The molecule has 2 aromatic rings. The first-order valence-electron chi connectivity index (χ1n) is 10.0. The smallest absolute Gasteiger partial charge is 0.490 e. The summed E-state index contributed by atoms with van der Waals surface area (Å²) in [5, 5.41) is 15.9. The van der Waals surface area contributed by atoms with Gasteiger partial charge in [-0.2, -0.15) is 23.4 Å². The summed E-state index contributed by atoms with van der Waals surface area (Å²) in [5.41, 5.74) is 8.75. The van der Waals surface area contributed by atoms with Gasteiger partial charge in [0, 0.05) is 37.8 Å². The number of nitrogens with two attached hydrogens (primary N) is 1. The molecule has 1 aromatic carbocycles. The molecule has 3 N–H and O–H groups in total. The van der Waals surface area contributed by atoms with Gasteiger partial charge in [-0.15, -0.1) is 0 Å². The van der Waals surface area contributed by atoms with Crippen molar-refractivity contribution in [2.75, 3.05) is 40.3 Å². The third-order valence-corrected chi connectivity index (χ3v) is 4.62. The first-order chi connectivity index (χ1) is 15.1. The second-order valence-corrected chi connectivity index (χ2v) is 7.64. The Labute approximate surface area is 184 Å². The fourth-order valence-electron chi connectivity index (χ4n) is 2.97. The van der Waals surface area contributed by atoms with Gasteiger partial charge >= 0.3 is 12.1 Å². The second-order valence-electron chi connectivity index (χ2n) is 7.64. The van der Waals surface area contributed by atoms with Crippen LogP contribution in [0.4, 0.5) is 13.2 Å². The topological polar surface area (TPSA) is 105 Å². The van der Waals surface area contributed by atoms with Crippen LogP contribution in [0, 0.1) is 0 Å². The number of aromatic nitrogens is 2. The number of carboxylic acids is 1. The standard InChI is InChI=1S/C19H27N5O.C2HF3O2/c1-23(2)11-12-25-19-6-4-3-5-17(19)18-8-7-16(21-22-18)14-24-10-9-15(20)13-24;3-2(4,5)1(6)7/h3-8,15H,9-14,20H2,1-2H3;(H,6,7). The van der Waals surface area contributed by atoms with Gasteiger partial charge in [0.05, 0.1) is 11.4 Å². The van der Waals surface area contributed by atoms with E-state index < -0.39 is 12.1 Å². The Balaban J connectivity index is 0.000000451. The molecule has 1 aliphatic rings. The average molecular weight is 455 g/mol. The van der Waals surface area contributed by atoms with Gasteiger partial charge in [-0.25, -0.2) is 4.79 Å². The molecule has 0 aliphatic carbocycles. The monoisotopic (exact) mass is 455 g/mol. The number of likely N-dealkylation sites (tertiary alicyclic amines) is 1. The van der Waals surface area contributed by atoms with E-state index in [1.807, 2.05) is 50.5 Å². The summed E-state index contributed by atoms with van der Waals surface area (Å²) >= 11 is 0. The third kappa shape index (κ3) is 8.40. The SMILES string of the molecule is CN(C)CCOc1ccccc1-c1ccc(CN2CCC(N)C2)nn1.O=C(O)C(F)(F)F. The summed E-state index contributed by atoms with van der Waals surface area (Å²) in [6, 6.07) is 12.3. The van der Waals surface area contributed by atoms with Crippen molar-refractivity contribution in [2.45, 2.75) is 25.2 Å². The molecular formula is C21H28F3N5O3. The summed E-state index contributed by atoms with van der Waals surface area (Å²) in [6.45, 7) is 4.29. The van der Waals surface area contributed by atoms with Gasteiger partial charge in [-0.1, -0.05) is 12.1 Å². The Morgan fingerprint density at radius 2 is 1.94 bits per heavy atom. The summed E-state index contributed by atoms with van der Waals surface area (Å²) in [5.74, 6) is -1.91. The van der Waals surface area contributed by atoms with E-state index in [2.05, 4.69) is 20.0 Å². The zero-order valence-corrected chi connectivity index (χ0v) is 18.0. The minimum absolute atomic E-state index is 0.290. The Kier molecular flexibility index (Phi) is 9.36. The normalized spacial score (nSPS) is 16.5. The molecular weight excluding hydrogens is 427 g/mol. The first kappa shape index (κ1) is 25.5. The van der Waals surface area contributed by atoms with Gasteiger partial charge in [0.2, 0.25) is 0 Å². The second kappa shape index (κ2) is 11.7. The van der Waals surface area contributed by atoms with Crippen LogP contribution in [-0.2, 0) is 11.3 Å². The van der Waals surface area contributed by atoms with Crippen LogP contribution in [0.15, 0.2) is 36.4 Å². The van der Waals surface area contributed by atoms with Crippen LogP contribution in [0.2, 0.25) is 0 Å². The van der Waals surface area contributed by atoms with E-state index in [4.69, 9.17) is 20.4 Å². The van der Waals surface area contributed by atoms with E-state index in [0.717, 1.165) is 55.3 Å². The number of aliphatic carboxylic acids is 1. The molecule has 1 fully saturated rings. The van der Waals surface area contributed by atoms with Crippen LogP contribution >= 0.6 is 0 Å². The fourth-order valence-corrected chi connectivity index (χ4v) is 2.97. The van der Waals surface area contributed by atoms with Crippen molar-refractivity contribution in [1.29, 1.82) is 0 Å². The Bertz CT molecular complexity index is 863. The zero-order valence-electron chi connectivity index (χ0n) is 18.0. The molecule has 0 spiro atoms. The number of hydrogen-bond donors (Lipinski definition) is 2.